The van der Waals surface area contributed by atoms with Gasteiger partial charge in [0.1, 0.15) is 28.9 Å². The van der Waals surface area contributed by atoms with Crippen LogP contribution in [0.25, 0.3) is 0 Å². The number of aliphatic hydroxyl groups excluding tert-OH is 1. The van der Waals surface area contributed by atoms with Crippen LogP contribution in [-0.2, 0) is 6.61 Å². The van der Waals surface area contributed by atoms with Gasteiger partial charge in [0.05, 0.1) is 32.8 Å². The minimum atomic E-state index is -0.348. The molecule has 2 aromatic carbocycles. The summed E-state index contributed by atoms with van der Waals surface area (Å²) in [4.78, 5) is 12.8. The molecule has 0 radical (unpaired) electrons. The highest BCUT2D eigenvalue weighted by Gasteiger charge is 2.35. The molecule has 0 saturated carbocycles. The molecule has 2 aromatic rings. The summed E-state index contributed by atoms with van der Waals surface area (Å²) in [6.45, 7) is 1.53. The molecule has 1 N–H and O–H groups in total. The van der Waals surface area contributed by atoms with Gasteiger partial charge in [-0.15, -0.1) is 0 Å². The van der Waals surface area contributed by atoms with Crippen LogP contribution in [0.2, 0.25) is 0 Å². The van der Waals surface area contributed by atoms with Crippen LogP contribution in [0.1, 0.15) is 39.6 Å². The molecule has 1 aliphatic rings. The Hall–Kier alpha value is -2.53. The molecule has 0 unspecified atom stereocenters. The van der Waals surface area contributed by atoms with Gasteiger partial charge in [-0.2, -0.15) is 0 Å². The molecule has 0 aromatic heterocycles. The number of methoxy groups -OCH3 is 2. The number of ketones is 1. The number of rotatable bonds is 4. The van der Waals surface area contributed by atoms with Crippen LogP contribution in [0.4, 0.5) is 0 Å². The van der Waals surface area contributed by atoms with Crippen LogP contribution < -0.4 is 14.2 Å². The molecular weight excluding hydrogens is 308 g/mol. The summed E-state index contributed by atoms with van der Waals surface area (Å²) >= 11 is 0. The van der Waals surface area contributed by atoms with E-state index >= 15 is 0 Å². The maximum atomic E-state index is 12.8. The van der Waals surface area contributed by atoms with Gasteiger partial charge < -0.3 is 19.3 Å². The van der Waals surface area contributed by atoms with Crippen molar-refractivity contribution in [3.05, 3.63) is 52.6 Å². The first-order valence-electron chi connectivity index (χ1n) is 7.75. The van der Waals surface area contributed by atoms with Gasteiger partial charge in [0.2, 0.25) is 0 Å². The van der Waals surface area contributed by atoms with Crippen molar-refractivity contribution < 1.29 is 24.1 Å². The minimum absolute atomic E-state index is 0.0672. The van der Waals surface area contributed by atoms with Crippen molar-refractivity contribution in [1.82, 2.24) is 0 Å². The van der Waals surface area contributed by atoms with Gasteiger partial charge >= 0.3 is 0 Å². The van der Waals surface area contributed by atoms with Crippen molar-refractivity contribution in [2.75, 3.05) is 14.2 Å². The Bertz CT molecular complexity index is 767. The van der Waals surface area contributed by atoms with Crippen LogP contribution in [-0.4, -0.2) is 25.1 Å². The van der Waals surface area contributed by atoms with E-state index in [1.165, 1.54) is 14.2 Å². The largest absolute Gasteiger partial charge is 0.496 e. The number of aliphatic hydroxyl groups is 1. The lowest BCUT2D eigenvalue weighted by Gasteiger charge is -2.30. The third-order valence-electron chi connectivity index (χ3n) is 4.33. The molecular formula is C19H20O5. The number of carbonyl (C=O) groups excluding carboxylic acids is 1. The van der Waals surface area contributed by atoms with Crippen LogP contribution in [0.15, 0.2) is 30.3 Å². The van der Waals surface area contributed by atoms with Gasteiger partial charge in [0.25, 0.3) is 0 Å². The second-order valence-electron chi connectivity index (χ2n) is 5.68. The predicted octanol–water partition coefficient (Wildman–Crippen LogP) is 3.21. The van der Waals surface area contributed by atoms with Crippen molar-refractivity contribution in [3.63, 3.8) is 0 Å². The summed E-state index contributed by atoms with van der Waals surface area (Å²) in [5.41, 5.74) is 2.48. The van der Waals surface area contributed by atoms with E-state index in [2.05, 4.69) is 0 Å². The molecule has 0 bridgehead atoms. The molecule has 1 aliphatic heterocycles. The molecule has 0 aliphatic carbocycles. The highest BCUT2D eigenvalue weighted by molar-refractivity contribution is 6.04. The second kappa shape index (κ2) is 6.53. The molecule has 1 heterocycles. The highest BCUT2D eigenvalue weighted by atomic mass is 16.5. The summed E-state index contributed by atoms with van der Waals surface area (Å²) in [5.74, 6) is 1.20. The summed E-state index contributed by atoms with van der Waals surface area (Å²) in [6.07, 6.45) is -0.122. The van der Waals surface area contributed by atoms with Gasteiger partial charge in [0, 0.05) is 5.56 Å². The van der Waals surface area contributed by atoms with Crippen molar-refractivity contribution in [1.29, 1.82) is 0 Å². The van der Waals surface area contributed by atoms with Crippen molar-refractivity contribution in [2.45, 2.75) is 26.1 Å². The zero-order valence-corrected chi connectivity index (χ0v) is 14.0. The fourth-order valence-electron chi connectivity index (χ4n) is 3.23. The third kappa shape index (κ3) is 2.51. The Morgan fingerprint density at radius 3 is 2.42 bits per heavy atom. The Morgan fingerprint density at radius 2 is 1.83 bits per heavy atom. The number of fused-ring (bicyclic) bond motifs is 1. The van der Waals surface area contributed by atoms with E-state index in [1.807, 2.05) is 37.3 Å². The van der Waals surface area contributed by atoms with Crippen LogP contribution in [0, 0.1) is 6.92 Å². The summed E-state index contributed by atoms with van der Waals surface area (Å²) in [6, 6.07) is 9.64. The average Bonchev–Trinajstić information content (AvgIpc) is 2.62. The van der Waals surface area contributed by atoms with Crippen molar-refractivity contribution in [3.8, 4) is 17.2 Å². The first-order chi connectivity index (χ1) is 11.6. The Labute approximate surface area is 140 Å². The predicted molar refractivity (Wildman–Crippen MR) is 89.0 cm³/mol. The second-order valence-corrected chi connectivity index (χ2v) is 5.68. The smallest absolute Gasteiger partial charge is 0.174 e. The standard InChI is InChI=1S/C19H20O5/c1-11-17(22-2)13(10-20)19(23-3)16-14(21)9-15(24-18(11)16)12-7-5-4-6-8-12/h4-8,15,20H,9-10H2,1-3H3/t15-/m0/s1. The molecule has 1 atom stereocenters. The van der Waals surface area contributed by atoms with E-state index < -0.39 is 0 Å². The summed E-state index contributed by atoms with van der Waals surface area (Å²) in [5, 5.41) is 9.69. The molecule has 126 valence electrons. The lowest BCUT2D eigenvalue weighted by atomic mass is 9.91. The maximum Gasteiger partial charge on any atom is 0.174 e. The molecule has 3 rings (SSSR count). The van der Waals surface area contributed by atoms with Gasteiger partial charge in [-0.05, 0) is 12.5 Å². The molecule has 5 nitrogen and oxygen atoms in total. The number of ether oxygens (including phenoxy) is 3. The molecule has 24 heavy (non-hydrogen) atoms. The summed E-state index contributed by atoms with van der Waals surface area (Å²) in [7, 11) is 2.99. The van der Waals surface area contributed by atoms with E-state index in [4.69, 9.17) is 14.2 Å². The van der Waals surface area contributed by atoms with E-state index in [0.717, 1.165) is 5.56 Å². The number of hydrogen-bond donors (Lipinski definition) is 1. The Kier molecular flexibility index (Phi) is 4.44. The van der Waals surface area contributed by atoms with E-state index in [1.54, 1.807) is 0 Å². The first kappa shape index (κ1) is 16.3. The number of benzene rings is 2. The average molecular weight is 328 g/mol. The lowest BCUT2D eigenvalue weighted by Crippen LogP contribution is -2.23. The molecule has 0 spiro atoms. The van der Waals surface area contributed by atoms with E-state index in [0.29, 0.717) is 33.9 Å². The van der Waals surface area contributed by atoms with Crippen molar-refractivity contribution >= 4 is 5.78 Å². The van der Waals surface area contributed by atoms with Gasteiger partial charge in [-0.1, -0.05) is 30.3 Å². The van der Waals surface area contributed by atoms with Gasteiger partial charge in [0.15, 0.2) is 5.78 Å². The van der Waals surface area contributed by atoms with Crippen LogP contribution >= 0.6 is 0 Å². The molecule has 0 saturated heterocycles. The minimum Gasteiger partial charge on any atom is -0.496 e. The van der Waals surface area contributed by atoms with E-state index in [9.17, 15) is 9.90 Å². The zero-order valence-electron chi connectivity index (χ0n) is 14.0. The van der Waals surface area contributed by atoms with Crippen LogP contribution in [0.3, 0.4) is 0 Å². The highest BCUT2D eigenvalue weighted by Crippen LogP contribution is 2.48. The topological polar surface area (TPSA) is 65.0 Å². The van der Waals surface area contributed by atoms with Crippen molar-refractivity contribution in [2.24, 2.45) is 0 Å². The Morgan fingerprint density at radius 1 is 1.17 bits per heavy atom. The number of carbonyl (C=O) groups is 1. The zero-order chi connectivity index (χ0) is 17.3. The van der Waals surface area contributed by atoms with E-state index in [-0.39, 0.29) is 24.9 Å². The summed E-state index contributed by atoms with van der Waals surface area (Å²) < 4.78 is 17.0. The quantitative estimate of drug-likeness (QED) is 0.933. The van der Waals surface area contributed by atoms with Crippen LogP contribution in [0.5, 0.6) is 17.2 Å². The fourth-order valence-corrected chi connectivity index (χ4v) is 3.23. The third-order valence-corrected chi connectivity index (χ3v) is 4.33. The normalized spacial score (nSPS) is 16.3. The molecule has 0 amide bonds. The molecule has 0 fully saturated rings. The van der Waals surface area contributed by atoms with Gasteiger partial charge in [-0.3, -0.25) is 4.79 Å². The monoisotopic (exact) mass is 328 g/mol. The fraction of sp³-hybridized carbons (Fsp3) is 0.316. The number of hydrogen-bond acceptors (Lipinski definition) is 5. The SMILES string of the molecule is COc1c(C)c2c(c(OC)c1CO)C(=O)C[C@@H](c1ccccc1)O2. The maximum absolute atomic E-state index is 12.8. The molecule has 5 heteroatoms. The lowest BCUT2D eigenvalue weighted by molar-refractivity contribution is 0.0841. The number of Topliss-reactive ketones (excluding diaryl/α,β-unsaturated/α-hetero) is 1. The van der Waals surface area contributed by atoms with Gasteiger partial charge in [-0.25, -0.2) is 0 Å². The first-order valence-corrected chi connectivity index (χ1v) is 7.75. The Balaban J connectivity index is 2.18.